The van der Waals surface area contributed by atoms with Gasteiger partial charge in [-0.1, -0.05) is 32.0 Å². The Hall–Kier alpha value is -2.47. The number of nitrogens with one attached hydrogen (secondary N) is 1. The van der Waals surface area contributed by atoms with Gasteiger partial charge in [0.2, 0.25) is 5.91 Å². The van der Waals surface area contributed by atoms with Gasteiger partial charge in [0.15, 0.2) is 0 Å². The van der Waals surface area contributed by atoms with Gasteiger partial charge in [0.05, 0.1) is 6.42 Å². The lowest BCUT2D eigenvalue weighted by atomic mass is 9.84. The molecule has 1 aromatic heterocycles. The summed E-state index contributed by atoms with van der Waals surface area (Å²) in [6, 6.07) is 8.38. The molecule has 2 heterocycles. The van der Waals surface area contributed by atoms with Gasteiger partial charge in [-0.25, -0.2) is 10.4 Å². The second kappa shape index (κ2) is 6.80. The number of hydrogen-bond acceptors (Lipinski definition) is 5. The molecular formula is C19H22N4OS. The lowest BCUT2D eigenvalue weighted by Crippen LogP contribution is -2.23. The van der Waals surface area contributed by atoms with Crippen molar-refractivity contribution < 1.29 is 4.79 Å². The van der Waals surface area contributed by atoms with Gasteiger partial charge < -0.3 is 4.90 Å². The van der Waals surface area contributed by atoms with Gasteiger partial charge in [-0.05, 0) is 24.6 Å². The highest BCUT2D eigenvalue weighted by molar-refractivity contribution is 7.09. The van der Waals surface area contributed by atoms with Crippen LogP contribution < -0.4 is 10.3 Å². The quantitative estimate of drug-likeness (QED) is 0.676. The molecule has 1 N–H and O–H groups in total. The standard InChI is InChI=1S/C19H22N4OS/c1-13-12-25-18(21-13)11-17(24)22-20-10-9-16-19(2,3)14-7-5-6-8-15(14)23(16)4/h5-10,12H,11H2,1-4H3,(H,22,24)/b16-9-,20-10-. The third-order valence-electron chi connectivity index (χ3n) is 4.42. The molecule has 1 amide bonds. The number of hydrogen-bond donors (Lipinski definition) is 1. The van der Waals surface area contributed by atoms with Crippen LogP contribution in [0.2, 0.25) is 0 Å². The molecule has 1 aliphatic heterocycles. The molecule has 25 heavy (non-hydrogen) atoms. The number of likely N-dealkylation sites (N-methyl/N-ethyl adjacent to an activating group) is 1. The van der Waals surface area contributed by atoms with E-state index in [2.05, 4.69) is 59.5 Å². The van der Waals surface area contributed by atoms with Crippen LogP contribution in [-0.4, -0.2) is 24.2 Å². The molecule has 1 aromatic carbocycles. The van der Waals surface area contributed by atoms with Crippen LogP contribution in [-0.2, 0) is 16.6 Å². The summed E-state index contributed by atoms with van der Waals surface area (Å²) in [5, 5.41) is 6.79. The second-order valence-corrected chi connectivity index (χ2v) is 7.57. The van der Waals surface area contributed by atoms with E-state index in [4.69, 9.17) is 0 Å². The lowest BCUT2D eigenvalue weighted by Gasteiger charge is -2.23. The Labute approximate surface area is 152 Å². The number of amides is 1. The molecule has 3 rings (SSSR count). The minimum absolute atomic E-state index is 0.0974. The number of hydrazone groups is 1. The number of benzene rings is 1. The van der Waals surface area contributed by atoms with Crippen LogP contribution in [0.25, 0.3) is 0 Å². The van der Waals surface area contributed by atoms with E-state index in [9.17, 15) is 4.79 Å². The van der Waals surface area contributed by atoms with E-state index in [1.165, 1.54) is 22.6 Å². The third-order valence-corrected chi connectivity index (χ3v) is 5.38. The maximum absolute atomic E-state index is 11.9. The summed E-state index contributed by atoms with van der Waals surface area (Å²) in [5.74, 6) is -0.161. The van der Waals surface area contributed by atoms with Gasteiger partial charge >= 0.3 is 0 Å². The van der Waals surface area contributed by atoms with Gasteiger partial charge in [-0.2, -0.15) is 5.10 Å². The largest absolute Gasteiger partial charge is 0.347 e. The third kappa shape index (κ3) is 3.49. The first-order valence-corrected chi connectivity index (χ1v) is 9.04. The Morgan fingerprint density at radius 3 is 2.84 bits per heavy atom. The Morgan fingerprint density at radius 2 is 2.16 bits per heavy atom. The number of rotatable bonds is 4. The smallest absolute Gasteiger partial charge is 0.246 e. The van der Waals surface area contributed by atoms with Crippen LogP contribution in [0.4, 0.5) is 5.69 Å². The van der Waals surface area contributed by atoms with Crippen molar-refractivity contribution in [1.29, 1.82) is 0 Å². The number of aryl methyl sites for hydroxylation is 1. The Morgan fingerprint density at radius 1 is 1.40 bits per heavy atom. The van der Waals surface area contributed by atoms with Crippen LogP contribution >= 0.6 is 11.3 Å². The molecule has 0 radical (unpaired) electrons. The number of fused-ring (bicyclic) bond motifs is 1. The summed E-state index contributed by atoms with van der Waals surface area (Å²) >= 11 is 1.49. The van der Waals surface area contributed by atoms with Crippen LogP contribution in [0.5, 0.6) is 0 Å². The zero-order valence-corrected chi connectivity index (χ0v) is 15.7. The fourth-order valence-corrected chi connectivity index (χ4v) is 3.95. The molecule has 0 fully saturated rings. The number of carbonyl (C=O) groups is 1. The molecule has 0 saturated heterocycles. The van der Waals surface area contributed by atoms with Crippen molar-refractivity contribution in [3.05, 3.63) is 57.7 Å². The van der Waals surface area contributed by atoms with Crippen molar-refractivity contribution in [3.63, 3.8) is 0 Å². The Bertz CT molecular complexity index is 851. The maximum atomic E-state index is 11.9. The fourth-order valence-electron chi connectivity index (χ4n) is 3.18. The zero-order valence-electron chi connectivity index (χ0n) is 14.9. The van der Waals surface area contributed by atoms with Crippen LogP contribution in [0.3, 0.4) is 0 Å². The molecule has 0 atom stereocenters. The van der Waals surface area contributed by atoms with E-state index in [0.717, 1.165) is 16.4 Å². The van der Waals surface area contributed by atoms with Gasteiger partial charge in [0.25, 0.3) is 0 Å². The first kappa shape index (κ1) is 17.4. The molecule has 0 saturated carbocycles. The topological polar surface area (TPSA) is 57.6 Å². The number of thiazole rings is 1. The number of carbonyl (C=O) groups excluding carboxylic acids is 1. The van der Waals surface area contributed by atoms with Crippen molar-refractivity contribution in [1.82, 2.24) is 10.4 Å². The van der Waals surface area contributed by atoms with E-state index in [1.54, 1.807) is 6.21 Å². The van der Waals surface area contributed by atoms with E-state index in [-0.39, 0.29) is 17.7 Å². The number of para-hydroxylation sites is 1. The maximum Gasteiger partial charge on any atom is 0.246 e. The molecule has 1 aliphatic rings. The van der Waals surface area contributed by atoms with E-state index in [0.29, 0.717) is 0 Å². The molecule has 0 unspecified atom stereocenters. The zero-order chi connectivity index (χ0) is 18.0. The van der Waals surface area contributed by atoms with E-state index in [1.807, 2.05) is 24.4 Å². The molecule has 130 valence electrons. The number of nitrogens with zero attached hydrogens (tertiary/aromatic N) is 3. The Kier molecular flexibility index (Phi) is 4.72. The first-order chi connectivity index (χ1) is 11.9. The number of allylic oxidation sites excluding steroid dienone is 2. The van der Waals surface area contributed by atoms with Crippen molar-refractivity contribution in [3.8, 4) is 0 Å². The lowest BCUT2D eigenvalue weighted by molar-refractivity contribution is -0.120. The molecule has 0 aliphatic carbocycles. The highest BCUT2D eigenvalue weighted by Gasteiger charge is 2.37. The summed E-state index contributed by atoms with van der Waals surface area (Å²) in [4.78, 5) is 18.3. The number of anilines is 1. The van der Waals surface area contributed by atoms with Gasteiger partial charge in [0.1, 0.15) is 5.01 Å². The van der Waals surface area contributed by atoms with Crippen LogP contribution in [0.15, 0.2) is 46.5 Å². The number of aromatic nitrogens is 1. The highest BCUT2D eigenvalue weighted by atomic mass is 32.1. The summed E-state index contributed by atoms with van der Waals surface area (Å²) in [6.45, 7) is 6.30. The van der Waals surface area contributed by atoms with Crippen molar-refractivity contribution >= 4 is 29.1 Å². The fraction of sp³-hybridized carbons (Fsp3) is 0.316. The summed E-state index contributed by atoms with van der Waals surface area (Å²) in [7, 11) is 2.05. The SMILES string of the molecule is Cc1csc(CC(=O)N/N=C\C=C2/N(C)c3ccccc3C2(C)C)n1. The molecule has 0 bridgehead atoms. The second-order valence-electron chi connectivity index (χ2n) is 6.63. The molecule has 5 nitrogen and oxygen atoms in total. The van der Waals surface area contributed by atoms with Gasteiger partial charge in [0, 0.05) is 41.1 Å². The molecule has 0 spiro atoms. The minimum Gasteiger partial charge on any atom is -0.347 e. The van der Waals surface area contributed by atoms with Crippen molar-refractivity contribution in [2.75, 3.05) is 11.9 Å². The predicted octanol–water partition coefficient (Wildman–Crippen LogP) is 3.41. The van der Waals surface area contributed by atoms with Crippen LogP contribution in [0, 0.1) is 6.92 Å². The van der Waals surface area contributed by atoms with Crippen LogP contribution in [0.1, 0.15) is 30.1 Å². The summed E-state index contributed by atoms with van der Waals surface area (Å²) in [6.07, 6.45) is 3.85. The van der Waals surface area contributed by atoms with Crippen molar-refractivity contribution in [2.45, 2.75) is 32.6 Å². The molecular weight excluding hydrogens is 332 g/mol. The highest BCUT2D eigenvalue weighted by Crippen LogP contribution is 2.46. The average molecular weight is 354 g/mol. The first-order valence-electron chi connectivity index (χ1n) is 8.16. The predicted molar refractivity (Wildman–Crippen MR) is 103 cm³/mol. The molecule has 2 aromatic rings. The average Bonchev–Trinajstić information content (AvgIpc) is 3.06. The van der Waals surface area contributed by atoms with Gasteiger partial charge in [-0.3, -0.25) is 4.79 Å². The molecule has 6 heteroatoms. The summed E-state index contributed by atoms with van der Waals surface area (Å²) in [5.41, 5.74) is 7.04. The van der Waals surface area contributed by atoms with Crippen molar-refractivity contribution in [2.24, 2.45) is 5.10 Å². The van der Waals surface area contributed by atoms with E-state index >= 15 is 0 Å². The monoisotopic (exact) mass is 354 g/mol. The van der Waals surface area contributed by atoms with E-state index < -0.39 is 0 Å². The Balaban J connectivity index is 1.66. The minimum atomic E-state index is -0.161. The summed E-state index contributed by atoms with van der Waals surface area (Å²) < 4.78 is 0. The van der Waals surface area contributed by atoms with Gasteiger partial charge in [-0.15, -0.1) is 11.3 Å². The normalized spacial score (nSPS) is 17.3.